The number of aryl methyl sites for hydroxylation is 1. The molecule has 0 aromatic heterocycles. The maximum absolute atomic E-state index is 13.9. The molecule has 1 saturated heterocycles. The first-order valence-electron chi connectivity index (χ1n) is 7.89. The summed E-state index contributed by atoms with van der Waals surface area (Å²) in [7, 11) is 0. The van der Waals surface area contributed by atoms with E-state index in [-0.39, 0.29) is 18.0 Å². The van der Waals surface area contributed by atoms with Crippen LogP contribution >= 0.6 is 0 Å². The molecule has 0 spiro atoms. The molecule has 4 heteroatoms. The predicted octanol–water partition coefficient (Wildman–Crippen LogP) is 3.75. The van der Waals surface area contributed by atoms with Crippen LogP contribution in [0.15, 0.2) is 12.1 Å². The lowest BCUT2D eigenvalue weighted by Crippen LogP contribution is -2.22. The largest absolute Gasteiger partial charge is 0.491 e. The van der Waals surface area contributed by atoms with E-state index in [1.807, 2.05) is 6.92 Å². The molecule has 0 bridgehead atoms. The van der Waals surface area contributed by atoms with Crippen molar-refractivity contribution in [3.8, 4) is 5.75 Å². The molecule has 1 aliphatic rings. The van der Waals surface area contributed by atoms with Crippen LogP contribution < -0.4 is 10.1 Å². The molecule has 0 aliphatic carbocycles. The molecule has 0 amide bonds. The highest BCUT2D eigenvalue weighted by Gasteiger charge is 2.19. The summed E-state index contributed by atoms with van der Waals surface area (Å²) >= 11 is 0. The van der Waals surface area contributed by atoms with Crippen LogP contribution in [0.25, 0.3) is 0 Å². The molecule has 2 atom stereocenters. The van der Waals surface area contributed by atoms with Crippen LogP contribution in [-0.4, -0.2) is 25.9 Å². The van der Waals surface area contributed by atoms with E-state index >= 15 is 0 Å². The average molecular weight is 295 g/mol. The second-order valence-corrected chi connectivity index (χ2v) is 5.76. The van der Waals surface area contributed by atoms with E-state index in [2.05, 4.69) is 12.2 Å². The number of rotatable bonds is 7. The SMILES string of the molecule is CCCNC(C)c1cc(F)c(C)cc1OCC1CCCO1. The number of hydrogen-bond donors (Lipinski definition) is 1. The van der Waals surface area contributed by atoms with Crippen LogP contribution in [0.1, 0.15) is 50.3 Å². The molecule has 1 aromatic carbocycles. The van der Waals surface area contributed by atoms with Gasteiger partial charge in [-0.15, -0.1) is 0 Å². The molecule has 1 heterocycles. The van der Waals surface area contributed by atoms with Gasteiger partial charge in [-0.05, 0) is 57.4 Å². The van der Waals surface area contributed by atoms with Gasteiger partial charge in [-0.1, -0.05) is 6.92 Å². The summed E-state index contributed by atoms with van der Waals surface area (Å²) in [4.78, 5) is 0. The fourth-order valence-corrected chi connectivity index (χ4v) is 2.56. The van der Waals surface area contributed by atoms with E-state index in [0.29, 0.717) is 12.2 Å². The minimum Gasteiger partial charge on any atom is -0.491 e. The zero-order valence-electron chi connectivity index (χ0n) is 13.2. The predicted molar refractivity (Wildman–Crippen MR) is 82.3 cm³/mol. The summed E-state index contributed by atoms with van der Waals surface area (Å²) in [6, 6.07) is 3.46. The zero-order valence-corrected chi connectivity index (χ0v) is 13.2. The second kappa shape index (κ2) is 7.76. The summed E-state index contributed by atoms with van der Waals surface area (Å²) < 4.78 is 25.4. The Labute approximate surface area is 126 Å². The summed E-state index contributed by atoms with van der Waals surface area (Å²) in [5.41, 5.74) is 1.49. The fraction of sp³-hybridized carbons (Fsp3) is 0.647. The first kappa shape index (κ1) is 16.2. The fourth-order valence-electron chi connectivity index (χ4n) is 2.56. The Balaban J connectivity index is 2.10. The average Bonchev–Trinajstić information content (AvgIpc) is 2.98. The molecule has 1 aliphatic heterocycles. The van der Waals surface area contributed by atoms with Gasteiger partial charge in [0.25, 0.3) is 0 Å². The molecule has 1 fully saturated rings. The molecule has 1 N–H and O–H groups in total. The van der Waals surface area contributed by atoms with Gasteiger partial charge in [-0.3, -0.25) is 0 Å². The quantitative estimate of drug-likeness (QED) is 0.831. The van der Waals surface area contributed by atoms with E-state index < -0.39 is 0 Å². The van der Waals surface area contributed by atoms with Crippen molar-refractivity contribution < 1.29 is 13.9 Å². The molecule has 2 rings (SSSR count). The molecule has 2 unspecified atom stereocenters. The Bertz CT molecular complexity index is 458. The Morgan fingerprint density at radius 1 is 1.48 bits per heavy atom. The summed E-state index contributed by atoms with van der Waals surface area (Å²) in [6.45, 7) is 8.18. The second-order valence-electron chi connectivity index (χ2n) is 5.76. The van der Waals surface area contributed by atoms with E-state index in [4.69, 9.17) is 9.47 Å². The minimum atomic E-state index is -0.181. The monoisotopic (exact) mass is 295 g/mol. The molecule has 3 nitrogen and oxygen atoms in total. The lowest BCUT2D eigenvalue weighted by Gasteiger charge is -2.20. The van der Waals surface area contributed by atoms with Gasteiger partial charge in [-0.2, -0.15) is 0 Å². The zero-order chi connectivity index (χ0) is 15.2. The van der Waals surface area contributed by atoms with Crippen molar-refractivity contribution in [2.24, 2.45) is 0 Å². The van der Waals surface area contributed by atoms with Gasteiger partial charge in [0.15, 0.2) is 0 Å². The summed E-state index contributed by atoms with van der Waals surface area (Å²) in [5.74, 6) is 0.583. The lowest BCUT2D eigenvalue weighted by molar-refractivity contribution is 0.0674. The van der Waals surface area contributed by atoms with Crippen molar-refractivity contribution in [1.29, 1.82) is 0 Å². The molecule has 0 saturated carbocycles. The van der Waals surface area contributed by atoms with E-state index in [1.54, 1.807) is 19.1 Å². The van der Waals surface area contributed by atoms with Crippen molar-refractivity contribution in [3.63, 3.8) is 0 Å². The van der Waals surface area contributed by atoms with Crippen molar-refractivity contribution in [2.45, 2.75) is 52.2 Å². The molecule has 1 aromatic rings. The van der Waals surface area contributed by atoms with Gasteiger partial charge in [0, 0.05) is 18.2 Å². The maximum atomic E-state index is 13.9. The van der Waals surface area contributed by atoms with Gasteiger partial charge in [0.05, 0.1) is 6.10 Å². The van der Waals surface area contributed by atoms with Crippen LogP contribution in [0.4, 0.5) is 4.39 Å². The number of ether oxygens (including phenoxy) is 2. The topological polar surface area (TPSA) is 30.5 Å². The number of nitrogens with one attached hydrogen (secondary N) is 1. The standard InChI is InChI=1S/C17H26FNO2/c1-4-7-19-13(3)15-10-16(18)12(2)9-17(15)21-11-14-6-5-8-20-14/h9-10,13-14,19H,4-8,11H2,1-3H3. The van der Waals surface area contributed by atoms with Crippen molar-refractivity contribution in [2.75, 3.05) is 19.8 Å². The Morgan fingerprint density at radius 3 is 2.95 bits per heavy atom. The highest BCUT2D eigenvalue weighted by Crippen LogP contribution is 2.29. The Morgan fingerprint density at radius 2 is 2.29 bits per heavy atom. The molecular formula is C17H26FNO2. The van der Waals surface area contributed by atoms with E-state index in [0.717, 1.165) is 43.7 Å². The van der Waals surface area contributed by atoms with Crippen LogP contribution in [0.2, 0.25) is 0 Å². The summed E-state index contributed by atoms with van der Waals surface area (Å²) in [6.07, 6.45) is 3.35. The number of halogens is 1. The van der Waals surface area contributed by atoms with E-state index in [9.17, 15) is 4.39 Å². The van der Waals surface area contributed by atoms with Gasteiger partial charge in [0.1, 0.15) is 18.2 Å². The van der Waals surface area contributed by atoms with Gasteiger partial charge in [-0.25, -0.2) is 4.39 Å². The maximum Gasteiger partial charge on any atom is 0.126 e. The highest BCUT2D eigenvalue weighted by atomic mass is 19.1. The van der Waals surface area contributed by atoms with Crippen LogP contribution in [0.5, 0.6) is 5.75 Å². The van der Waals surface area contributed by atoms with Crippen LogP contribution in [-0.2, 0) is 4.74 Å². The molecule has 118 valence electrons. The first-order valence-corrected chi connectivity index (χ1v) is 7.89. The number of benzene rings is 1. The third-order valence-corrected chi connectivity index (χ3v) is 3.91. The Kier molecular flexibility index (Phi) is 6.00. The van der Waals surface area contributed by atoms with Crippen molar-refractivity contribution in [1.82, 2.24) is 5.32 Å². The van der Waals surface area contributed by atoms with E-state index in [1.165, 1.54) is 0 Å². The molecule has 21 heavy (non-hydrogen) atoms. The minimum absolute atomic E-state index is 0.0690. The molecule has 0 radical (unpaired) electrons. The van der Waals surface area contributed by atoms with Crippen LogP contribution in [0.3, 0.4) is 0 Å². The normalized spacial score (nSPS) is 19.7. The van der Waals surface area contributed by atoms with Crippen molar-refractivity contribution >= 4 is 0 Å². The third-order valence-electron chi connectivity index (χ3n) is 3.91. The highest BCUT2D eigenvalue weighted by molar-refractivity contribution is 5.40. The lowest BCUT2D eigenvalue weighted by atomic mass is 10.0. The third kappa shape index (κ3) is 4.42. The van der Waals surface area contributed by atoms with Gasteiger partial charge < -0.3 is 14.8 Å². The number of hydrogen-bond acceptors (Lipinski definition) is 3. The first-order chi connectivity index (χ1) is 10.1. The smallest absolute Gasteiger partial charge is 0.126 e. The van der Waals surface area contributed by atoms with Crippen molar-refractivity contribution in [3.05, 3.63) is 29.1 Å². The molecular weight excluding hydrogens is 269 g/mol. The summed E-state index contributed by atoms with van der Waals surface area (Å²) in [5, 5.41) is 3.39. The van der Waals surface area contributed by atoms with Gasteiger partial charge >= 0.3 is 0 Å². The van der Waals surface area contributed by atoms with Gasteiger partial charge in [0.2, 0.25) is 0 Å². The van der Waals surface area contributed by atoms with Crippen LogP contribution in [0, 0.1) is 12.7 Å². The Hall–Kier alpha value is -1.13.